The van der Waals surface area contributed by atoms with E-state index in [4.69, 9.17) is 23.2 Å². The van der Waals surface area contributed by atoms with Crippen molar-refractivity contribution < 1.29 is 4.79 Å². The van der Waals surface area contributed by atoms with Crippen molar-refractivity contribution in [1.29, 1.82) is 0 Å². The molecule has 0 fully saturated rings. The molecule has 5 nitrogen and oxygen atoms in total. The zero-order chi connectivity index (χ0) is 15.5. The largest absolute Gasteiger partial charge is 0.281 e. The summed E-state index contributed by atoms with van der Waals surface area (Å²) in [5.41, 5.74) is 6.51. The predicted octanol–water partition coefficient (Wildman–Crippen LogP) is 3.69. The Morgan fingerprint density at radius 3 is 2.45 bits per heavy atom. The number of carbonyl (C=O) groups excluding carboxylic acids is 1. The molecule has 2 aromatic carbocycles. The van der Waals surface area contributed by atoms with Crippen LogP contribution in [0.4, 0.5) is 5.82 Å². The molecular formula is C15H10Cl2N4O. The molecule has 0 bridgehead atoms. The highest BCUT2D eigenvalue weighted by molar-refractivity contribution is 6.30. The van der Waals surface area contributed by atoms with Gasteiger partial charge in [0.1, 0.15) is 0 Å². The van der Waals surface area contributed by atoms with E-state index in [0.717, 1.165) is 5.39 Å². The number of halogens is 2. The van der Waals surface area contributed by atoms with Gasteiger partial charge in [-0.2, -0.15) is 4.98 Å². The third-order valence-electron chi connectivity index (χ3n) is 2.98. The standard InChI is InChI=1S/C15H10Cl2N4O/c16-10-7-5-9(6-8-10)14(22)21-20-13-11-3-1-2-4-12(11)18-15(17)19-13/h1-8H,(H,21,22)(H,18,19,20). The molecule has 0 atom stereocenters. The molecule has 1 aromatic heterocycles. The van der Waals surface area contributed by atoms with Crippen molar-refractivity contribution in [2.75, 3.05) is 5.43 Å². The van der Waals surface area contributed by atoms with Crippen LogP contribution in [0, 0.1) is 0 Å². The molecule has 1 heterocycles. The first-order chi connectivity index (χ1) is 10.6. The minimum atomic E-state index is -0.310. The number of amides is 1. The lowest BCUT2D eigenvalue weighted by molar-refractivity contribution is 0.0962. The Kier molecular flexibility index (Phi) is 4.09. The summed E-state index contributed by atoms with van der Waals surface area (Å²) in [7, 11) is 0. The Morgan fingerprint density at radius 1 is 0.955 bits per heavy atom. The van der Waals surface area contributed by atoms with Gasteiger partial charge in [0.05, 0.1) is 5.52 Å². The van der Waals surface area contributed by atoms with E-state index >= 15 is 0 Å². The number of hydrogen-bond donors (Lipinski definition) is 2. The van der Waals surface area contributed by atoms with Crippen LogP contribution in [-0.4, -0.2) is 15.9 Å². The zero-order valence-corrected chi connectivity index (χ0v) is 12.7. The number of hydrogen-bond acceptors (Lipinski definition) is 4. The number of nitrogens with zero attached hydrogens (tertiary/aromatic N) is 2. The number of para-hydroxylation sites is 1. The van der Waals surface area contributed by atoms with E-state index in [1.165, 1.54) is 0 Å². The summed E-state index contributed by atoms with van der Waals surface area (Å²) >= 11 is 11.7. The van der Waals surface area contributed by atoms with Crippen LogP contribution >= 0.6 is 23.2 Å². The Hall–Kier alpha value is -2.37. The van der Waals surface area contributed by atoms with Crippen LogP contribution in [0.15, 0.2) is 48.5 Å². The number of anilines is 1. The second-order valence-corrected chi connectivity index (χ2v) is 5.22. The van der Waals surface area contributed by atoms with E-state index in [-0.39, 0.29) is 11.2 Å². The molecule has 0 radical (unpaired) electrons. The van der Waals surface area contributed by atoms with Gasteiger partial charge < -0.3 is 0 Å². The fraction of sp³-hybridized carbons (Fsp3) is 0. The molecule has 3 aromatic rings. The Balaban J connectivity index is 1.82. The second-order valence-electron chi connectivity index (χ2n) is 4.44. The molecule has 110 valence electrons. The molecule has 7 heteroatoms. The summed E-state index contributed by atoms with van der Waals surface area (Å²) < 4.78 is 0. The molecule has 3 rings (SSSR count). The first-order valence-corrected chi connectivity index (χ1v) is 7.13. The number of aromatic nitrogens is 2. The van der Waals surface area contributed by atoms with Crippen molar-refractivity contribution in [3.8, 4) is 0 Å². The van der Waals surface area contributed by atoms with E-state index in [9.17, 15) is 4.79 Å². The number of carbonyl (C=O) groups is 1. The minimum absolute atomic E-state index is 0.0990. The maximum absolute atomic E-state index is 12.1. The summed E-state index contributed by atoms with van der Waals surface area (Å²) in [6.07, 6.45) is 0. The van der Waals surface area contributed by atoms with Gasteiger partial charge in [0.15, 0.2) is 5.82 Å². The second kappa shape index (κ2) is 6.17. The van der Waals surface area contributed by atoms with Crippen LogP contribution in [0.1, 0.15) is 10.4 Å². The maximum Gasteiger partial charge on any atom is 0.269 e. The van der Waals surface area contributed by atoms with Gasteiger partial charge in [-0.05, 0) is 48.0 Å². The van der Waals surface area contributed by atoms with Gasteiger partial charge in [-0.3, -0.25) is 15.6 Å². The van der Waals surface area contributed by atoms with Gasteiger partial charge in [-0.25, -0.2) is 4.98 Å². The predicted molar refractivity (Wildman–Crippen MR) is 87.1 cm³/mol. The third kappa shape index (κ3) is 3.10. The monoisotopic (exact) mass is 332 g/mol. The lowest BCUT2D eigenvalue weighted by Gasteiger charge is -2.10. The number of fused-ring (bicyclic) bond motifs is 1. The van der Waals surface area contributed by atoms with Crippen LogP contribution < -0.4 is 10.9 Å². The summed E-state index contributed by atoms with van der Waals surface area (Å²) in [6.45, 7) is 0. The highest BCUT2D eigenvalue weighted by Gasteiger charge is 2.09. The first kappa shape index (κ1) is 14.6. The van der Waals surface area contributed by atoms with Crippen LogP contribution in [0.5, 0.6) is 0 Å². The quantitative estimate of drug-likeness (QED) is 0.567. The summed E-state index contributed by atoms with van der Waals surface area (Å²) in [5, 5.41) is 1.42. The fourth-order valence-electron chi connectivity index (χ4n) is 1.93. The van der Waals surface area contributed by atoms with Gasteiger partial charge in [0.2, 0.25) is 5.28 Å². The van der Waals surface area contributed by atoms with Crippen molar-refractivity contribution in [3.63, 3.8) is 0 Å². The molecule has 0 aliphatic carbocycles. The summed E-state index contributed by atoms with van der Waals surface area (Å²) in [5.74, 6) is 0.119. The average molecular weight is 333 g/mol. The lowest BCUT2D eigenvalue weighted by Crippen LogP contribution is -2.30. The Labute approximate surface area is 136 Å². The lowest BCUT2D eigenvalue weighted by atomic mass is 10.2. The van der Waals surface area contributed by atoms with Crippen LogP contribution in [-0.2, 0) is 0 Å². The zero-order valence-electron chi connectivity index (χ0n) is 11.2. The average Bonchev–Trinajstić information content (AvgIpc) is 2.52. The van der Waals surface area contributed by atoms with E-state index in [0.29, 0.717) is 21.9 Å². The van der Waals surface area contributed by atoms with Crippen LogP contribution in [0.3, 0.4) is 0 Å². The van der Waals surface area contributed by atoms with E-state index < -0.39 is 0 Å². The van der Waals surface area contributed by atoms with Crippen molar-refractivity contribution in [2.45, 2.75) is 0 Å². The van der Waals surface area contributed by atoms with Gasteiger partial charge in [0.25, 0.3) is 5.91 Å². The highest BCUT2D eigenvalue weighted by Crippen LogP contribution is 2.21. The van der Waals surface area contributed by atoms with Gasteiger partial charge in [0, 0.05) is 16.0 Å². The minimum Gasteiger partial charge on any atom is -0.281 e. The fourth-order valence-corrected chi connectivity index (χ4v) is 2.23. The van der Waals surface area contributed by atoms with Crippen LogP contribution in [0.2, 0.25) is 10.3 Å². The molecule has 0 aliphatic rings. The number of benzene rings is 2. The first-order valence-electron chi connectivity index (χ1n) is 6.38. The van der Waals surface area contributed by atoms with Crippen molar-refractivity contribution in [1.82, 2.24) is 15.4 Å². The number of hydrazine groups is 1. The Morgan fingerprint density at radius 2 is 1.68 bits per heavy atom. The normalized spacial score (nSPS) is 10.5. The summed E-state index contributed by atoms with van der Waals surface area (Å²) in [6, 6.07) is 13.9. The van der Waals surface area contributed by atoms with E-state index in [1.54, 1.807) is 24.3 Å². The molecular weight excluding hydrogens is 323 g/mol. The van der Waals surface area contributed by atoms with Crippen LogP contribution in [0.25, 0.3) is 10.9 Å². The van der Waals surface area contributed by atoms with Gasteiger partial charge in [-0.1, -0.05) is 23.7 Å². The molecule has 0 saturated heterocycles. The molecule has 0 aliphatic heterocycles. The van der Waals surface area contributed by atoms with Crippen molar-refractivity contribution in [3.05, 3.63) is 64.4 Å². The topological polar surface area (TPSA) is 66.9 Å². The third-order valence-corrected chi connectivity index (χ3v) is 3.40. The molecule has 22 heavy (non-hydrogen) atoms. The molecule has 0 spiro atoms. The van der Waals surface area contributed by atoms with Crippen molar-refractivity contribution in [2.24, 2.45) is 0 Å². The molecule has 1 amide bonds. The Bertz CT molecular complexity index is 837. The highest BCUT2D eigenvalue weighted by atomic mass is 35.5. The van der Waals surface area contributed by atoms with Gasteiger partial charge >= 0.3 is 0 Å². The summed E-state index contributed by atoms with van der Waals surface area (Å²) in [4.78, 5) is 20.3. The molecule has 2 N–H and O–H groups in total. The van der Waals surface area contributed by atoms with Gasteiger partial charge in [-0.15, -0.1) is 0 Å². The number of nitrogens with one attached hydrogen (secondary N) is 2. The van der Waals surface area contributed by atoms with Crippen molar-refractivity contribution >= 4 is 45.8 Å². The number of rotatable bonds is 3. The molecule has 0 unspecified atom stereocenters. The maximum atomic E-state index is 12.1. The molecule has 0 saturated carbocycles. The van der Waals surface area contributed by atoms with E-state index in [2.05, 4.69) is 20.8 Å². The SMILES string of the molecule is O=C(NNc1nc(Cl)nc2ccccc12)c1ccc(Cl)cc1. The van der Waals surface area contributed by atoms with E-state index in [1.807, 2.05) is 24.3 Å². The smallest absolute Gasteiger partial charge is 0.269 e.